The number of hydrogen-bond acceptors (Lipinski definition) is 2. The van der Waals surface area contributed by atoms with E-state index in [2.05, 4.69) is 10.1 Å². The molecule has 2 rings (SSSR count). The smallest absolute Gasteiger partial charge is 0.405 e. The van der Waals surface area contributed by atoms with Crippen LogP contribution in [0.3, 0.4) is 0 Å². The first-order valence-electron chi connectivity index (χ1n) is 6.53. The Hall–Kier alpha value is -1.23. The van der Waals surface area contributed by atoms with Crippen LogP contribution in [0.2, 0.25) is 0 Å². The van der Waals surface area contributed by atoms with Gasteiger partial charge in [-0.2, -0.15) is 0 Å². The molecule has 0 amide bonds. The molecule has 2 atom stereocenters. The van der Waals surface area contributed by atoms with Crippen molar-refractivity contribution in [2.45, 2.75) is 44.0 Å². The van der Waals surface area contributed by atoms with E-state index in [1.54, 1.807) is 18.2 Å². The molecule has 0 bridgehead atoms. The van der Waals surface area contributed by atoms with Gasteiger partial charge < -0.3 is 10.1 Å². The summed E-state index contributed by atoms with van der Waals surface area (Å²) in [5.41, 5.74) is 0.652. The molecular formula is C14H18F3NO. The monoisotopic (exact) mass is 273 g/mol. The van der Waals surface area contributed by atoms with Crippen LogP contribution < -0.4 is 10.1 Å². The van der Waals surface area contributed by atoms with Crippen molar-refractivity contribution in [3.63, 3.8) is 0 Å². The first-order chi connectivity index (χ1) is 9.01. The van der Waals surface area contributed by atoms with Gasteiger partial charge in [-0.05, 0) is 31.5 Å². The molecule has 1 aliphatic rings. The van der Waals surface area contributed by atoms with Gasteiger partial charge in [0.25, 0.3) is 0 Å². The number of likely N-dealkylation sites (N-methyl/N-ethyl adjacent to an activating group) is 1. The second kappa shape index (κ2) is 5.82. The van der Waals surface area contributed by atoms with Gasteiger partial charge in [0.15, 0.2) is 0 Å². The molecule has 2 nitrogen and oxygen atoms in total. The van der Waals surface area contributed by atoms with Gasteiger partial charge >= 0.3 is 6.36 Å². The van der Waals surface area contributed by atoms with E-state index in [0.717, 1.165) is 25.7 Å². The molecule has 1 N–H and O–H groups in total. The van der Waals surface area contributed by atoms with Gasteiger partial charge in [0.1, 0.15) is 5.75 Å². The number of rotatable bonds is 3. The summed E-state index contributed by atoms with van der Waals surface area (Å²) in [6.45, 7) is 0. The lowest BCUT2D eigenvalue weighted by molar-refractivity contribution is -0.275. The highest BCUT2D eigenvalue weighted by molar-refractivity contribution is 5.37. The van der Waals surface area contributed by atoms with Crippen LogP contribution in [-0.4, -0.2) is 19.5 Å². The molecule has 1 aliphatic carbocycles. The summed E-state index contributed by atoms with van der Waals surface area (Å²) >= 11 is 0. The van der Waals surface area contributed by atoms with E-state index in [9.17, 15) is 13.2 Å². The zero-order valence-corrected chi connectivity index (χ0v) is 10.8. The van der Waals surface area contributed by atoms with Crippen LogP contribution in [0.25, 0.3) is 0 Å². The lowest BCUT2D eigenvalue weighted by Gasteiger charge is -2.32. The molecular weight excluding hydrogens is 255 g/mol. The highest BCUT2D eigenvalue weighted by Gasteiger charge is 2.34. The average molecular weight is 273 g/mol. The Bertz CT molecular complexity index is 419. The Morgan fingerprint density at radius 2 is 1.84 bits per heavy atom. The molecule has 1 fully saturated rings. The molecule has 0 radical (unpaired) electrons. The minimum absolute atomic E-state index is 0.0675. The molecule has 1 aromatic carbocycles. The van der Waals surface area contributed by atoms with Crippen molar-refractivity contribution in [2.75, 3.05) is 7.05 Å². The summed E-state index contributed by atoms with van der Waals surface area (Å²) in [5.74, 6) is 0.0134. The fourth-order valence-electron chi connectivity index (χ4n) is 2.85. The van der Waals surface area contributed by atoms with Crippen LogP contribution in [0.4, 0.5) is 13.2 Å². The van der Waals surface area contributed by atoms with E-state index in [-0.39, 0.29) is 17.7 Å². The number of hydrogen-bond donors (Lipinski definition) is 1. The summed E-state index contributed by atoms with van der Waals surface area (Å²) in [4.78, 5) is 0. The van der Waals surface area contributed by atoms with Crippen LogP contribution in [0.5, 0.6) is 5.75 Å². The van der Waals surface area contributed by atoms with Crippen molar-refractivity contribution >= 4 is 0 Å². The number of nitrogens with one attached hydrogen (secondary N) is 1. The third kappa shape index (κ3) is 3.62. The predicted molar refractivity (Wildman–Crippen MR) is 67.2 cm³/mol. The molecule has 1 aromatic rings. The van der Waals surface area contributed by atoms with Crippen molar-refractivity contribution in [1.29, 1.82) is 0 Å². The molecule has 19 heavy (non-hydrogen) atoms. The third-order valence-corrected chi connectivity index (χ3v) is 3.68. The number of alkyl halides is 3. The molecule has 0 aliphatic heterocycles. The molecule has 0 heterocycles. The molecule has 0 spiro atoms. The van der Waals surface area contributed by atoms with Gasteiger partial charge in [0, 0.05) is 12.0 Å². The zero-order valence-electron chi connectivity index (χ0n) is 10.8. The Balaban J connectivity index is 2.27. The maximum Gasteiger partial charge on any atom is 0.573 e. The minimum atomic E-state index is -4.64. The highest BCUT2D eigenvalue weighted by Crippen LogP contribution is 2.39. The quantitative estimate of drug-likeness (QED) is 0.903. The van der Waals surface area contributed by atoms with Gasteiger partial charge in [0.05, 0.1) is 0 Å². The van der Waals surface area contributed by atoms with Crippen LogP contribution in [-0.2, 0) is 0 Å². The van der Waals surface area contributed by atoms with Crippen molar-refractivity contribution in [1.82, 2.24) is 5.32 Å². The summed E-state index contributed by atoms with van der Waals surface area (Å²) < 4.78 is 41.4. The second-order valence-corrected chi connectivity index (χ2v) is 4.87. The topological polar surface area (TPSA) is 21.3 Å². The number of halogens is 3. The number of ether oxygens (including phenoxy) is 1. The minimum Gasteiger partial charge on any atom is -0.405 e. The van der Waals surface area contributed by atoms with E-state index in [0.29, 0.717) is 5.56 Å². The van der Waals surface area contributed by atoms with Gasteiger partial charge in [-0.3, -0.25) is 0 Å². The van der Waals surface area contributed by atoms with Crippen molar-refractivity contribution < 1.29 is 17.9 Å². The third-order valence-electron chi connectivity index (χ3n) is 3.68. The largest absolute Gasteiger partial charge is 0.573 e. The lowest BCUT2D eigenvalue weighted by Crippen LogP contribution is -2.35. The van der Waals surface area contributed by atoms with Gasteiger partial charge in [-0.1, -0.05) is 31.0 Å². The Labute approximate surface area is 111 Å². The Kier molecular flexibility index (Phi) is 4.34. The standard InChI is InChI=1S/C14H18F3NO/c1-18-12-8-4-2-6-10(12)11-7-3-5-9-13(11)19-14(15,16)17/h3,5,7,9-10,12,18H,2,4,6,8H2,1H3. The van der Waals surface area contributed by atoms with E-state index < -0.39 is 6.36 Å². The summed E-state index contributed by atoms with van der Waals surface area (Å²) in [7, 11) is 1.86. The Morgan fingerprint density at radius 3 is 2.53 bits per heavy atom. The van der Waals surface area contributed by atoms with E-state index in [4.69, 9.17) is 0 Å². The normalized spacial score (nSPS) is 24.2. The van der Waals surface area contributed by atoms with Gasteiger partial charge in [-0.25, -0.2) is 0 Å². The van der Waals surface area contributed by atoms with E-state index in [1.807, 2.05) is 7.05 Å². The summed E-state index contributed by atoms with van der Waals surface area (Å²) in [6, 6.07) is 6.68. The molecule has 5 heteroatoms. The van der Waals surface area contributed by atoms with Crippen molar-refractivity contribution in [3.05, 3.63) is 29.8 Å². The predicted octanol–water partition coefficient (Wildman–Crippen LogP) is 3.83. The molecule has 2 unspecified atom stereocenters. The van der Waals surface area contributed by atoms with E-state index >= 15 is 0 Å². The second-order valence-electron chi connectivity index (χ2n) is 4.87. The Morgan fingerprint density at radius 1 is 1.16 bits per heavy atom. The lowest BCUT2D eigenvalue weighted by atomic mass is 9.79. The summed E-state index contributed by atoms with van der Waals surface area (Å²) in [5, 5.41) is 3.21. The number of benzene rings is 1. The number of para-hydroxylation sites is 1. The molecule has 1 saturated carbocycles. The van der Waals surface area contributed by atoms with Gasteiger partial charge in [0.2, 0.25) is 0 Å². The maximum atomic E-state index is 12.4. The molecule has 0 saturated heterocycles. The van der Waals surface area contributed by atoms with Crippen LogP contribution in [0.15, 0.2) is 24.3 Å². The molecule has 0 aromatic heterocycles. The SMILES string of the molecule is CNC1CCCCC1c1ccccc1OC(F)(F)F. The van der Waals surface area contributed by atoms with Crippen LogP contribution in [0.1, 0.15) is 37.2 Å². The van der Waals surface area contributed by atoms with Crippen LogP contribution in [0, 0.1) is 0 Å². The van der Waals surface area contributed by atoms with Crippen molar-refractivity contribution in [2.24, 2.45) is 0 Å². The van der Waals surface area contributed by atoms with Gasteiger partial charge in [-0.15, -0.1) is 13.2 Å². The highest BCUT2D eigenvalue weighted by atomic mass is 19.4. The van der Waals surface area contributed by atoms with Crippen molar-refractivity contribution in [3.8, 4) is 5.75 Å². The first kappa shape index (κ1) is 14.2. The maximum absolute atomic E-state index is 12.4. The zero-order chi connectivity index (χ0) is 13.9. The van der Waals surface area contributed by atoms with Crippen LogP contribution >= 0.6 is 0 Å². The van der Waals surface area contributed by atoms with E-state index in [1.165, 1.54) is 6.07 Å². The fraction of sp³-hybridized carbons (Fsp3) is 0.571. The summed E-state index contributed by atoms with van der Waals surface area (Å²) in [6.07, 6.45) is -0.599. The molecule has 106 valence electrons. The first-order valence-corrected chi connectivity index (χ1v) is 6.53. The average Bonchev–Trinajstić information content (AvgIpc) is 2.37. The fourth-order valence-corrected chi connectivity index (χ4v) is 2.85.